The van der Waals surface area contributed by atoms with Crippen molar-refractivity contribution in [2.75, 3.05) is 6.61 Å². The van der Waals surface area contributed by atoms with Gasteiger partial charge in [-0.15, -0.1) is 0 Å². The molecular weight excluding hydrogens is 278 g/mol. The van der Waals surface area contributed by atoms with E-state index in [-0.39, 0.29) is 10.5 Å². The molecule has 0 radical (unpaired) electrons. The van der Waals surface area contributed by atoms with Crippen molar-refractivity contribution in [2.45, 2.75) is 37.5 Å². The number of carbonyl (C=O) groups excluding carboxylic acids is 1. The Hall–Kier alpha value is -1.40. The zero-order chi connectivity index (χ0) is 14.8. The first-order valence-corrected chi connectivity index (χ1v) is 8.29. The lowest BCUT2D eigenvalue weighted by Crippen LogP contribution is -2.16. The zero-order valence-electron chi connectivity index (χ0n) is 11.5. The molecule has 2 rings (SSSR count). The number of carbonyl (C=O) groups is 1. The molecule has 0 saturated heterocycles. The van der Waals surface area contributed by atoms with E-state index in [1.54, 1.807) is 12.1 Å². The minimum absolute atomic E-state index is 0.00311. The van der Waals surface area contributed by atoms with Gasteiger partial charge in [-0.05, 0) is 36.5 Å². The van der Waals surface area contributed by atoms with Gasteiger partial charge >= 0.3 is 5.97 Å². The summed E-state index contributed by atoms with van der Waals surface area (Å²) in [6, 6.07) is 4.48. The van der Waals surface area contributed by atoms with Crippen LogP contribution in [-0.2, 0) is 21.2 Å². The average molecular weight is 297 g/mol. The minimum atomic E-state index is -3.83. The molecule has 6 heteroatoms. The molecule has 0 amide bonds. The summed E-state index contributed by atoms with van der Waals surface area (Å²) in [7, 11) is -3.83. The average Bonchev–Trinajstić information content (AvgIpc) is 3.21. The second kappa shape index (κ2) is 5.93. The zero-order valence-corrected chi connectivity index (χ0v) is 12.3. The Balaban J connectivity index is 2.12. The van der Waals surface area contributed by atoms with Crippen LogP contribution in [0.25, 0.3) is 0 Å². The molecule has 110 valence electrons. The number of benzene rings is 1. The lowest BCUT2D eigenvalue weighted by atomic mass is 10.1. The van der Waals surface area contributed by atoms with Gasteiger partial charge in [0.05, 0.1) is 17.1 Å². The molecule has 5 nitrogen and oxygen atoms in total. The smallest absolute Gasteiger partial charge is 0.338 e. The fourth-order valence-corrected chi connectivity index (χ4v) is 2.92. The highest BCUT2D eigenvalue weighted by Gasteiger charge is 2.22. The topological polar surface area (TPSA) is 86.5 Å². The first-order valence-electron chi connectivity index (χ1n) is 6.74. The second-order valence-corrected chi connectivity index (χ2v) is 6.62. The van der Waals surface area contributed by atoms with E-state index in [9.17, 15) is 13.2 Å². The predicted octanol–water partition coefficient (Wildman–Crippen LogP) is 1.85. The van der Waals surface area contributed by atoms with Crippen LogP contribution in [0.5, 0.6) is 0 Å². The molecule has 1 aliphatic rings. The second-order valence-electron chi connectivity index (χ2n) is 5.09. The SMILES string of the molecule is CCc1ccc(C(=O)OCCC2CC2)cc1S(N)(=O)=O. The maximum Gasteiger partial charge on any atom is 0.338 e. The Morgan fingerprint density at radius 2 is 2.10 bits per heavy atom. The first-order chi connectivity index (χ1) is 9.41. The lowest BCUT2D eigenvalue weighted by Gasteiger charge is -2.09. The molecule has 1 aliphatic carbocycles. The van der Waals surface area contributed by atoms with Crippen LogP contribution in [0.3, 0.4) is 0 Å². The quantitative estimate of drug-likeness (QED) is 0.812. The van der Waals surface area contributed by atoms with Crippen molar-refractivity contribution < 1.29 is 17.9 Å². The number of hydrogen-bond acceptors (Lipinski definition) is 4. The van der Waals surface area contributed by atoms with Crippen molar-refractivity contribution in [2.24, 2.45) is 11.1 Å². The van der Waals surface area contributed by atoms with E-state index in [4.69, 9.17) is 9.88 Å². The van der Waals surface area contributed by atoms with E-state index in [0.29, 0.717) is 24.5 Å². The highest BCUT2D eigenvalue weighted by Crippen LogP contribution is 2.32. The van der Waals surface area contributed by atoms with Crippen LogP contribution in [0.4, 0.5) is 0 Å². The third kappa shape index (κ3) is 3.80. The van der Waals surface area contributed by atoms with Crippen molar-refractivity contribution in [1.29, 1.82) is 0 Å². The number of hydrogen-bond donors (Lipinski definition) is 1. The number of nitrogens with two attached hydrogens (primary N) is 1. The van der Waals surface area contributed by atoms with E-state index in [1.165, 1.54) is 18.9 Å². The van der Waals surface area contributed by atoms with Crippen molar-refractivity contribution in [3.8, 4) is 0 Å². The van der Waals surface area contributed by atoms with Gasteiger partial charge < -0.3 is 4.74 Å². The molecule has 1 saturated carbocycles. The highest BCUT2D eigenvalue weighted by atomic mass is 32.2. The van der Waals surface area contributed by atoms with E-state index < -0.39 is 16.0 Å². The molecular formula is C14H19NO4S. The summed E-state index contributed by atoms with van der Waals surface area (Å²) in [5.74, 6) is 0.184. The van der Waals surface area contributed by atoms with Crippen LogP contribution in [0.1, 0.15) is 42.1 Å². The van der Waals surface area contributed by atoms with Gasteiger partial charge in [-0.25, -0.2) is 18.4 Å². The number of ether oxygens (including phenoxy) is 1. The Bertz CT molecular complexity index is 606. The fourth-order valence-electron chi connectivity index (χ4n) is 2.05. The third-order valence-corrected chi connectivity index (χ3v) is 4.44. The molecule has 1 aromatic rings. The largest absolute Gasteiger partial charge is 0.462 e. The molecule has 1 aromatic carbocycles. The van der Waals surface area contributed by atoms with Gasteiger partial charge in [0.25, 0.3) is 0 Å². The highest BCUT2D eigenvalue weighted by molar-refractivity contribution is 7.89. The molecule has 0 aromatic heterocycles. The predicted molar refractivity (Wildman–Crippen MR) is 74.8 cm³/mol. The molecule has 0 unspecified atom stereocenters. The van der Waals surface area contributed by atoms with Crippen LogP contribution in [0.2, 0.25) is 0 Å². The Morgan fingerprint density at radius 1 is 1.40 bits per heavy atom. The van der Waals surface area contributed by atoms with E-state index in [2.05, 4.69) is 0 Å². The molecule has 0 spiro atoms. The van der Waals surface area contributed by atoms with Crippen molar-refractivity contribution >= 4 is 16.0 Å². The lowest BCUT2D eigenvalue weighted by molar-refractivity contribution is 0.0494. The Labute approximate surface area is 119 Å². The summed E-state index contributed by atoms with van der Waals surface area (Å²) in [6.07, 6.45) is 3.82. The Kier molecular flexibility index (Phi) is 4.45. The molecule has 0 aliphatic heterocycles. The first kappa shape index (κ1) is 15.0. The van der Waals surface area contributed by atoms with Gasteiger partial charge in [-0.1, -0.05) is 25.8 Å². The molecule has 1 fully saturated rings. The van der Waals surface area contributed by atoms with Gasteiger partial charge in [0, 0.05) is 0 Å². The monoisotopic (exact) mass is 297 g/mol. The molecule has 0 atom stereocenters. The number of sulfonamides is 1. The number of aryl methyl sites for hydroxylation is 1. The normalized spacial score (nSPS) is 15.1. The van der Waals surface area contributed by atoms with Crippen molar-refractivity contribution in [3.63, 3.8) is 0 Å². The van der Waals surface area contributed by atoms with Gasteiger partial charge in [0.1, 0.15) is 0 Å². The maximum atomic E-state index is 11.9. The standard InChI is InChI=1S/C14H19NO4S/c1-2-11-5-6-12(9-13(11)20(15,17)18)14(16)19-8-7-10-3-4-10/h5-6,9-10H,2-4,7-8H2,1H3,(H2,15,17,18). The van der Waals surface area contributed by atoms with E-state index >= 15 is 0 Å². The van der Waals surface area contributed by atoms with Gasteiger partial charge in [-0.2, -0.15) is 0 Å². The van der Waals surface area contributed by atoms with Gasteiger partial charge in [-0.3, -0.25) is 0 Å². The number of rotatable bonds is 6. The van der Waals surface area contributed by atoms with Crippen LogP contribution >= 0.6 is 0 Å². The van der Waals surface area contributed by atoms with E-state index in [0.717, 1.165) is 6.42 Å². The van der Waals surface area contributed by atoms with Crippen LogP contribution in [0, 0.1) is 5.92 Å². The summed E-state index contributed by atoms with van der Waals surface area (Å²) in [4.78, 5) is 11.9. The molecule has 0 heterocycles. The fraction of sp³-hybridized carbons (Fsp3) is 0.500. The van der Waals surface area contributed by atoms with Crippen LogP contribution < -0.4 is 5.14 Å². The number of primary sulfonamides is 1. The molecule has 0 bridgehead atoms. The van der Waals surface area contributed by atoms with Crippen LogP contribution in [0.15, 0.2) is 23.1 Å². The summed E-state index contributed by atoms with van der Waals surface area (Å²) in [6.45, 7) is 2.21. The summed E-state index contributed by atoms with van der Waals surface area (Å²) in [5.41, 5.74) is 0.823. The van der Waals surface area contributed by atoms with Crippen molar-refractivity contribution in [3.05, 3.63) is 29.3 Å². The summed E-state index contributed by atoms with van der Waals surface area (Å²) < 4.78 is 28.2. The number of esters is 1. The van der Waals surface area contributed by atoms with E-state index in [1.807, 2.05) is 6.92 Å². The summed E-state index contributed by atoms with van der Waals surface area (Å²) in [5, 5.41) is 5.17. The maximum absolute atomic E-state index is 11.9. The van der Waals surface area contributed by atoms with Gasteiger partial charge in [0.2, 0.25) is 10.0 Å². The van der Waals surface area contributed by atoms with Crippen molar-refractivity contribution in [1.82, 2.24) is 0 Å². The molecule has 20 heavy (non-hydrogen) atoms. The van der Waals surface area contributed by atoms with Crippen LogP contribution in [-0.4, -0.2) is 21.0 Å². The minimum Gasteiger partial charge on any atom is -0.462 e. The Morgan fingerprint density at radius 3 is 2.65 bits per heavy atom. The summed E-state index contributed by atoms with van der Waals surface area (Å²) >= 11 is 0. The van der Waals surface area contributed by atoms with Gasteiger partial charge in [0.15, 0.2) is 0 Å². The molecule has 2 N–H and O–H groups in total. The third-order valence-electron chi connectivity index (χ3n) is 3.45.